The molecule has 0 aliphatic rings. The third-order valence-electron chi connectivity index (χ3n) is 2.55. The number of hydrogen-bond donors (Lipinski definition) is 1. The lowest BCUT2D eigenvalue weighted by molar-refractivity contribution is 0.0587. The van der Waals surface area contributed by atoms with E-state index in [-0.39, 0.29) is 5.82 Å². The van der Waals surface area contributed by atoms with Crippen LogP contribution < -0.4 is 5.32 Å². The number of aryl methyl sites for hydroxylation is 1. The van der Waals surface area contributed by atoms with Gasteiger partial charge >= 0.3 is 5.97 Å². The van der Waals surface area contributed by atoms with E-state index in [4.69, 9.17) is 0 Å². The normalized spacial score (nSPS) is 10.3. The minimum atomic E-state index is -0.584. The molecule has 0 spiro atoms. The lowest BCUT2D eigenvalue weighted by atomic mass is 10.3. The molecule has 106 valence electrons. The van der Waals surface area contributed by atoms with Crippen molar-refractivity contribution in [1.82, 2.24) is 24.7 Å². The van der Waals surface area contributed by atoms with E-state index in [0.29, 0.717) is 11.8 Å². The number of rotatable bonds is 5. The number of ether oxygens (including phenoxy) is 1. The number of aromatic nitrogens is 5. The number of hydrogen-bond acceptors (Lipinski definition) is 7. The quantitative estimate of drug-likeness (QED) is 0.813. The van der Waals surface area contributed by atoms with E-state index in [1.165, 1.54) is 18.1 Å². The number of anilines is 1. The Morgan fingerprint density at radius 3 is 2.95 bits per heavy atom. The van der Waals surface area contributed by atoms with Gasteiger partial charge in [0.2, 0.25) is 5.95 Å². The smallest absolute Gasteiger partial charge is 0.377 e. The van der Waals surface area contributed by atoms with E-state index in [2.05, 4.69) is 37.0 Å². The van der Waals surface area contributed by atoms with Crippen LogP contribution in [0.25, 0.3) is 5.82 Å². The van der Waals surface area contributed by atoms with Crippen molar-refractivity contribution in [2.45, 2.75) is 20.3 Å². The van der Waals surface area contributed by atoms with Crippen molar-refractivity contribution in [1.29, 1.82) is 0 Å². The lowest BCUT2D eigenvalue weighted by Gasteiger charge is -2.07. The van der Waals surface area contributed by atoms with Gasteiger partial charge in [-0.05, 0) is 13.3 Å². The molecule has 0 aromatic carbocycles. The Hall–Kier alpha value is -2.51. The Morgan fingerprint density at radius 1 is 1.45 bits per heavy atom. The molecule has 0 fully saturated rings. The summed E-state index contributed by atoms with van der Waals surface area (Å²) in [6, 6.07) is 0. The summed E-state index contributed by atoms with van der Waals surface area (Å²) in [5, 5.41) is 7.14. The highest BCUT2D eigenvalue weighted by Gasteiger charge is 2.14. The summed E-state index contributed by atoms with van der Waals surface area (Å²) in [6.07, 6.45) is 4.09. The second-order valence-corrected chi connectivity index (χ2v) is 4.13. The van der Waals surface area contributed by atoms with Crippen LogP contribution in [0.2, 0.25) is 0 Å². The van der Waals surface area contributed by atoms with E-state index < -0.39 is 5.97 Å². The van der Waals surface area contributed by atoms with Gasteiger partial charge in [0.05, 0.1) is 7.11 Å². The second kappa shape index (κ2) is 6.09. The van der Waals surface area contributed by atoms with Gasteiger partial charge in [0.1, 0.15) is 6.33 Å². The van der Waals surface area contributed by atoms with Gasteiger partial charge in [-0.3, -0.25) is 0 Å². The van der Waals surface area contributed by atoms with Crippen LogP contribution in [0.1, 0.15) is 29.5 Å². The van der Waals surface area contributed by atoms with Crippen LogP contribution in [0.15, 0.2) is 12.5 Å². The first kappa shape index (κ1) is 13.9. The molecule has 0 aliphatic carbocycles. The maximum absolute atomic E-state index is 11.3. The van der Waals surface area contributed by atoms with Gasteiger partial charge in [-0.1, -0.05) is 6.92 Å². The molecule has 2 aromatic heterocycles. The monoisotopic (exact) mass is 276 g/mol. The second-order valence-electron chi connectivity index (χ2n) is 4.13. The van der Waals surface area contributed by atoms with Crippen molar-refractivity contribution >= 4 is 11.9 Å². The van der Waals surface area contributed by atoms with Gasteiger partial charge in [-0.15, -0.1) is 5.10 Å². The summed E-state index contributed by atoms with van der Waals surface area (Å²) in [5.41, 5.74) is 0.827. The molecule has 20 heavy (non-hydrogen) atoms. The van der Waals surface area contributed by atoms with Gasteiger partial charge in [-0.25, -0.2) is 19.4 Å². The third kappa shape index (κ3) is 2.90. The fourth-order valence-electron chi connectivity index (χ4n) is 1.54. The van der Waals surface area contributed by atoms with Crippen molar-refractivity contribution in [3.05, 3.63) is 23.9 Å². The average molecular weight is 276 g/mol. The molecule has 0 saturated heterocycles. The van der Waals surface area contributed by atoms with Crippen molar-refractivity contribution in [3.8, 4) is 5.82 Å². The molecule has 0 amide bonds. The molecule has 0 unspecified atom stereocenters. The Bertz CT molecular complexity index is 610. The lowest BCUT2D eigenvalue weighted by Crippen LogP contribution is -2.10. The summed E-state index contributed by atoms with van der Waals surface area (Å²) in [4.78, 5) is 23.8. The van der Waals surface area contributed by atoms with Crippen molar-refractivity contribution < 1.29 is 9.53 Å². The molecule has 0 aliphatic heterocycles. The van der Waals surface area contributed by atoms with Crippen LogP contribution in [0.4, 0.5) is 5.95 Å². The van der Waals surface area contributed by atoms with E-state index in [1.54, 1.807) is 6.20 Å². The SMILES string of the molecule is CCCNc1ncc(C)c(-n2cnc(C(=O)OC)n2)n1. The largest absolute Gasteiger partial charge is 0.463 e. The first-order chi connectivity index (χ1) is 9.65. The highest BCUT2D eigenvalue weighted by atomic mass is 16.5. The number of nitrogens with zero attached hydrogens (tertiary/aromatic N) is 5. The molecule has 0 radical (unpaired) electrons. The molecular formula is C12H16N6O2. The van der Waals surface area contributed by atoms with Gasteiger partial charge < -0.3 is 10.1 Å². The third-order valence-corrected chi connectivity index (χ3v) is 2.55. The zero-order valence-electron chi connectivity index (χ0n) is 11.6. The fourth-order valence-corrected chi connectivity index (χ4v) is 1.54. The summed E-state index contributed by atoms with van der Waals surface area (Å²) < 4.78 is 6.00. The molecular weight excluding hydrogens is 260 g/mol. The highest BCUT2D eigenvalue weighted by Crippen LogP contribution is 2.11. The zero-order chi connectivity index (χ0) is 14.5. The van der Waals surface area contributed by atoms with Gasteiger partial charge in [0.15, 0.2) is 5.82 Å². The molecule has 0 bridgehead atoms. The zero-order valence-corrected chi connectivity index (χ0v) is 11.6. The molecule has 8 heteroatoms. The highest BCUT2D eigenvalue weighted by molar-refractivity contribution is 5.84. The minimum Gasteiger partial charge on any atom is -0.463 e. The molecule has 1 N–H and O–H groups in total. The Labute approximate surface area is 116 Å². The maximum Gasteiger partial charge on any atom is 0.377 e. The fraction of sp³-hybridized carbons (Fsp3) is 0.417. The Balaban J connectivity index is 2.31. The van der Waals surface area contributed by atoms with Gasteiger partial charge in [0, 0.05) is 18.3 Å². The molecule has 0 saturated carbocycles. The molecule has 2 heterocycles. The van der Waals surface area contributed by atoms with E-state index in [0.717, 1.165) is 18.5 Å². The number of esters is 1. The standard InChI is InChI=1S/C12H16N6O2/c1-4-5-13-12-14-6-8(2)10(16-12)18-7-15-9(17-18)11(19)20-3/h6-7H,4-5H2,1-3H3,(H,13,14,16). The Morgan fingerprint density at radius 2 is 2.25 bits per heavy atom. The van der Waals surface area contributed by atoms with E-state index >= 15 is 0 Å². The van der Waals surface area contributed by atoms with Crippen molar-refractivity contribution in [2.75, 3.05) is 19.0 Å². The summed E-state index contributed by atoms with van der Waals surface area (Å²) in [5.74, 6) is 0.497. The van der Waals surface area contributed by atoms with Crippen LogP contribution in [0.5, 0.6) is 0 Å². The number of methoxy groups -OCH3 is 1. The van der Waals surface area contributed by atoms with Gasteiger partial charge in [0.25, 0.3) is 5.82 Å². The Kier molecular flexibility index (Phi) is 4.24. The maximum atomic E-state index is 11.3. The predicted octanol–water partition coefficient (Wildman–Crippen LogP) is 0.974. The summed E-state index contributed by atoms with van der Waals surface area (Å²) >= 11 is 0. The van der Waals surface area contributed by atoms with Crippen molar-refractivity contribution in [2.24, 2.45) is 0 Å². The van der Waals surface area contributed by atoms with Gasteiger partial charge in [-0.2, -0.15) is 4.98 Å². The van der Waals surface area contributed by atoms with Crippen LogP contribution >= 0.6 is 0 Å². The van der Waals surface area contributed by atoms with Crippen LogP contribution in [-0.2, 0) is 4.74 Å². The minimum absolute atomic E-state index is 0.00594. The molecule has 0 atom stereocenters. The predicted molar refractivity (Wildman–Crippen MR) is 71.8 cm³/mol. The average Bonchev–Trinajstić information content (AvgIpc) is 2.95. The molecule has 8 nitrogen and oxygen atoms in total. The molecule has 2 aromatic rings. The number of carbonyl (C=O) groups is 1. The van der Waals surface area contributed by atoms with Crippen LogP contribution in [0.3, 0.4) is 0 Å². The van der Waals surface area contributed by atoms with E-state index in [1.807, 2.05) is 6.92 Å². The first-order valence-corrected chi connectivity index (χ1v) is 6.23. The van der Waals surface area contributed by atoms with Crippen LogP contribution in [0, 0.1) is 6.92 Å². The summed E-state index contributed by atoms with van der Waals surface area (Å²) in [7, 11) is 1.28. The number of nitrogens with one attached hydrogen (secondary N) is 1. The van der Waals surface area contributed by atoms with Crippen molar-refractivity contribution in [3.63, 3.8) is 0 Å². The molecule has 2 rings (SSSR count). The summed E-state index contributed by atoms with van der Waals surface area (Å²) in [6.45, 7) is 4.70. The topological polar surface area (TPSA) is 94.8 Å². The van der Waals surface area contributed by atoms with E-state index in [9.17, 15) is 4.79 Å². The van der Waals surface area contributed by atoms with Crippen LogP contribution in [-0.4, -0.2) is 44.4 Å². The first-order valence-electron chi connectivity index (χ1n) is 6.23. The number of carbonyl (C=O) groups excluding carboxylic acids is 1.